The number of methoxy groups -OCH3 is 1. The molecule has 0 rings (SSSR count). The van der Waals surface area contributed by atoms with Gasteiger partial charge in [0.2, 0.25) is 5.91 Å². The average Bonchev–Trinajstić information content (AvgIpc) is 2.24. The summed E-state index contributed by atoms with van der Waals surface area (Å²) >= 11 is 0. The zero-order valence-electron chi connectivity index (χ0n) is 10.1. The zero-order chi connectivity index (χ0) is 11.7. The van der Waals surface area contributed by atoms with E-state index in [2.05, 4.69) is 12.2 Å². The minimum Gasteiger partial charge on any atom is -0.384 e. The van der Waals surface area contributed by atoms with Gasteiger partial charge in [-0.1, -0.05) is 26.7 Å². The molecule has 0 fully saturated rings. The maximum Gasteiger partial charge on any atom is 0.225 e. The molecule has 4 nitrogen and oxygen atoms in total. The number of ether oxygens (including phenoxy) is 1. The van der Waals surface area contributed by atoms with Crippen LogP contribution in [0.25, 0.3) is 0 Å². The van der Waals surface area contributed by atoms with Gasteiger partial charge in [0.1, 0.15) is 0 Å². The first-order chi connectivity index (χ1) is 7.15. The van der Waals surface area contributed by atoms with Crippen LogP contribution >= 0.6 is 0 Å². The van der Waals surface area contributed by atoms with E-state index in [0.29, 0.717) is 13.2 Å². The summed E-state index contributed by atoms with van der Waals surface area (Å²) in [6.07, 6.45) is 3.18. The van der Waals surface area contributed by atoms with Crippen molar-refractivity contribution in [1.29, 1.82) is 0 Å². The van der Waals surface area contributed by atoms with E-state index in [1.807, 2.05) is 6.92 Å². The van der Waals surface area contributed by atoms with E-state index in [0.717, 1.165) is 19.3 Å². The molecule has 1 amide bonds. The van der Waals surface area contributed by atoms with Crippen molar-refractivity contribution in [3.05, 3.63) is 0 Å². The summed E-state index contributed by atoms with van der Waals surface area (Å²) < 4.78 is 4.93. The molecule has 0 aromatic heterocycles. The van der Waals surface area contributed by atoms with Crippen molar-refractivity contribution in [3.63, 3.8) is 0 Å². The molecule has 0 spiro atoms. The minimum atomic E-state index is -0.106. The van der Waals surface area contributed by atoms with Crippen LogP contribution in [0.2, 0.25) is 0 Å². The molecule has 0 aromatic carbocycles. The molecule has 0 aliphatic carbocycles. The first-order valence-corrected chi connectivity index (χ1v) is 5.65. The van der Waals surface area contributed by atoms with E-state index >= 15 is 0 Å². The first kappa shape index (κ1) is 14.4. The average molecular weight is 216 g/mol. The molecule has 0 aliphatic heterocycles. The predicted molar refractivity (Wildman–Crippen MR) is 61.6 cm³/mol. The highest BCUT2D eigenvalue weighted by Crippen LogP contribution is 2.02. The van der Waals surface area contributed by atoms with E-state index in [9.17, 15) is 4.79 Å². The van der Waals surface area contributed by atoms with Crippen molar-refractivity contribution in [2.75, 3.05) is 20.3 Å². The maximum absolute atomic E-state index is 11.6. The van der Waals surface area contributed by atoms with Crippen LogP contribution in [0.1, 0.15) is 33.1 Å². The Kier molecular flexibility index (Phi) is 8.33. The molecule has 0 radical (unpaired) electrons. The van der Waals surface area contributed by atoms with Crippen molar-refractivity contribution < 1.29 is 9.53 Å². The summed E-state index contributed by atoms with van der Waals surface area (Å²) in [4.78, 5) is 11.6. The largest absolute Gasteiger partial charge is 0.384 e. The van der Waals surface area contributed by atoms with E-state index in [1.165, 1.54) is 0 Å². The van der Waals surface area contributed by atoms with Gasteiger partial charge in [-0.3, -0.25) is 4.79 Å². The fraction of sp³-hybridized carbons (Fsp3) is 0.909. The van der Waals surface area contributed by atoms with Crippen LogP contribution in [0.4, 0.5) is 0 Å². The van der Waals surface area contributed by atoms with Crippen molar-refractivity contribution >= 4 is 5.91 Å². The highest BCUT2D eigenvalue weighted by atomic mass is 16.5. The fourth-order valence-electron chi connectivity index (χ4n) is 1.37. The molecule has 2 unspecified atom stereocenters. The van der Waals surface area contributed by atoms with Crippen LogP contribution in [-0.4, -0.2) is 32.2 Å². The SMILES string of the molecule is CCCCC(CN)NC(=O)C(C)COC. The second kappa shape index (κ2) is 8.68. The number of hydrogen-bond acceptors (Lipinski definition) is 3. The quantitative estimate of drug-likeness (QED) is 0.633. The van der Waals surface area contributed by atoms with E-state index in [-0.39, 0.29) is 17.9 Å². The van der Waals surface area contributed by atoms with Gasteiger partial charge in [-0.05, 0) is 6.42 Å². The Morgan fingerprint density at radius 3 is 2.67 bits per heavy atom. The third kappa shape index (κ3) is 6.47. The molecular formula is C11H24N2O2. The Bertz CT molecular complexity index is 174. The lowest BCUT2D eigenvalue weighted by molar-refractivity contribution is -0.126. The summed E-state index contributed by atoms with van der Waals surface area (Å²) in [6.45, 7) is 4.94. The third-order valence-electron chi connectivity index (χ3n) is 2.40. The number of carbonyl (C=O) groups is 1. The fourth-order valence-corrected chi connectivity index (χ4v) is 1.37. The highest BCUT2D eigenvalue weighted by molar-refractivity contribution is 5.78. The van der Waals surface area contributed by atoms with Crippen molar-refractivity contribution in [2.45, 2.75) is 39.2 Å². The molecule has 0 heterocycles. The number of carbonyl (C=O) groups excluding carboxylic acids is 1. The summed E-state index contributed by atoms with van der Waals surface area (Å²) in [7, 11) is 1.60. The zero-order valence-corrected chi connectivity index (χ0v) is 10.1. The van der Waals surface area contributed by atoms with Gasteiger partial charge in [0, 0.05) is 19.7 Å². The Morgan fingerprint density at radius 2 is 2.20 bits per heavy atom. The van der Waals surface area contributed by atoms with Gasteiger partial charge in [-0.25, -0.2) is 0 Å². The minimum absolute atomic E-state index is 0.0309. The van der Waals surface area contributed by atoms with Gasteiger partial charge in [0.15, 0.2) is 0 Å². The molecule has 4 heteroatoms. The molecular weight excluding hydrogens is 192 g/mol. The Morgan fingerprint density at radius 1 is 1.53 bits per heavy atom. The molecule has 3 N–H and O–H groups in total. The second-order valence-electron chi connectivity index (χ2n) is 3.94. The smallest absolute Gasteiger partial charge is 0.225 e. The number of nitrogens with one attached hydrogen (secondary N) is 1. The molecule has 15 heavy (non-hydrogen) atoms. The lowest BCUT2D eigenvalue weighted by Crippen LogP contribution is -2.43. The molecule has 0 saturated carbocycles. The van der Waals surface area contributed by atoms with Gasteiger partial charge in [0.25, 0.3) is 0 Å². The van der Waals surface area contributed by atoms with Crippen molar-refractivity contribution in [3.8, 4) is 0 Å². The van der Waals surface area contributed by atoms with Gasteiger partial charge < -0.3 is 15.8 Å². The van der Waals surface area contributed by atoms with Crippen molar-refractivity contribution in [1.82, 2.24) is 5.32 Å². The first-order valence-electron chi connectivity index (χ1n) is 5.65. The van der Waals surface area contributed by atoms with Crippen LogP contribution in [0.15, 0.2) is 0 Å². The van der Waals surface area contributed by atoms with Gasteiger partial charge in [0.05, 0.1) is 12.5 Å². The van der Waals surface area contributed by atoms with Crippen LogP contribution in [0.3, 0.4) is 0 Å². The molecule has 0 aliphatic rings. The molecule has 0 bridgehead atoms. The van der Waals surface area contributed by atoms with Gasteiger partial charge in [-0.2, -0.15) is 0 Å². The summed E-state index contributed by atoms with van der Waals surface area (Å²) in [6, 6.07) is 0.108. The monoisotopic (exact) mass is 216 g/mol. The Labute approximate surface area is 92.6 Å². The maximum atomic E-state index is 11.6. The van der Waals surface area contributed by atoms with E-state index in [4.69, 9.17) is 10.5 Å². The highest BCUT2D eigenvalue weighted by Gasteiger charge is 2.16. The van der Waals surface area contributed by atoms with Gasteiger partial charge in [-0.15, -0.1) is 0 Å². The number of unbranched alkanes of at least 4 members (excludes halogenated alkanes) is 1. The van der Waals surface area contributed by atoms with E-state index in [1.54, 1.807) is 7.11 Å². The standard InChI is InChI=1S/C11H24N2O2/c1-4-5-6-10(7-12)13-11(14)9(2)8-15-3/h9-10H,4-8,12H2,1-3H3,(H,13,14). The van der Waals surface area contributed by atoms with E-state index < -0.39 is 0 Å². The number of amides is 1. The Hall–Kier alpha value is -0.610. The van der Waals surface area contributed by atoms with Crippen LogP contribution in [0.5, 0.6) is 0 Å². The number of hydrogen-bond donors (Lipinski definition) is 2. The van der Waals surface area contributed by atoms with Gasteiger partial charge >= 0.3 is 0 Å². The number of rotatable bonds is 8. The van der Waals surface area contributed by atoms with Crippen LogP contribution in [0, 0.1) is 5.92 Å². The predicted octanol–water partition coefficient (Wildman–Crippen LogP) is 0.903. The lowest BCUT2D eigenvalue weighted by Gasteiger charge is -2.19. The Balaban J connectivity index is 3.88. The molecule has 2 atom stereocenters. The van der Waals surface area contributed by atoms with Crippen LogP contribution in [-0.2, 0) is 9.53 Å². The topological polar surface area (TPSA) is 64.3 Å². The third-order valence-corrected chi connectivity index (χ3v) is 2.40. The second-order valence-corrected chi connectivity index (χ2v) is 3.94. The summed E-state index contributed by atoms with van der Waals surface area (Å²) in [5.41, 5.74) is 5.59. The molecule has 0 saturated heterocycles. The lowest BCUT2D eigenvalue weighted by atomic mass is 10.1. The molecule has 90 valence electrons. The van der Waals surface area contributed by atoms with Crippen molar-refractivity contribution in [2.24, 2.45) is 11.7 Å². The normalized spacial score (nSPS) is 14.7. The summed E-state index contributed by atoms with van der Waals surface area (Å²) in [5, 5.41) is 2.94. The van der Waals surface area contributed by atoms with Crippen LogP contribution < -0.4 is 11.1 Å². The summed E-state index contributed by atoms with van der Waals surface area (Å²) in [5.74, 6) is -0.0749. The molecule has 0 aromatic rings. The number of nitrogens with two attached hydrogens (primary N) is 1.